The molecule has 188 valence electrons. The Morgan fingerprint density at radius 2 is 2.17 bits per heavy atom. The predicted octanol–water partition coefficient (Wildman–Crippen LogP) is 3.24. The molecule has 0 radical (unpaired) electrons. The fourth-order valence-electron chi connectivity index (χ4n) is 3.51. The quantitative estimate of drug-likeness (QED) is 0.285. The Balaban J connectivity index is 1.75. The number of benzene rings is 1. The minimum Gasteiger partial charge on any atom is -0.378 e. The number of carbonyl (C=O) groups excluding carboxylic acids is 1. The van der Waals surface area contributed by atoms with Crippen LogP contribution in [0.2, 0.25) is 0 Å². The molecular formula is C23H29BrN6O4S. The zero-order chi connectivity index (χ0) is 25.2. The number of nitrogens with two attached hydrogens (primary N) is 1. The van der Waals surface area contributed by atoms with Gasteiger partial charge >= 0.3 is 0 Å². The molecule has 35 heavy (non-hydrogen) atoms. The Kier molecular flexibility index (Phi) is 10.5. The molecule has 10 nitrogen and oxygen atoms in total. The van der Waals surface area contributed by atoms with Gasteiger partial charge in [0.2, 0.25) is 17.0 Å². The van der Waals surface area contributed by atoms with Gasteiger partial charge in [0.25, 0.3) is 0 Å². The van der Waals surface area contributed by atoms with Crippen LogP contribution < -0.4 is 10.5 Å². The van der Waals surface area contributed by atoms with Crippen molar-refractivity contribution in [3.8, 4) is 0 Å². The minimum absolute atomic E-state index is 0.168. The van der Waals surface area contributed by atoms with Gasteiger partial charge in [-0.05, 0) is 36.1 Å². The van der Waals surface area contributed by atoms with Crippen molar-refractivity contribution in [2.75, 3.05) is 25.6 Å². The molecule has 0 fully saturated rings. The molecule has 1 aromatic carbocycles. The Morgan fingerprint density at radius 3 is 2.89 bits per heavy atom. The molecule has 0 bridgehead atoms. The van der Waals surface area contributed by atoms with E-state index in [1.807, 2.05) is 31.2 Å². The maximum atomic E-state index is 13.4. The molecule has 0 amide bonds. The lowest BCUT2D eigenvalue weighted by Gasteiger charge is -2.15. The summed E-state index contributed by atoms with van der Waals surface area (Å²) >= 11 is 1.70. The monoisotopic (exact) mass is 564 g/mol. The molecule has 3 aromatic rings. The standard InChI is InChI=1S/C23H29BrN6O4S/c1-3-16(13-34-35(25)32)7-8-27-23-20(11-26-15-28-23)22(31)21-10-19(14-33-2)30(29-21)12-17-5-4-6-18(24)9-17/h4-6,9-11,15-16H,3,7-8,12-14,25H2,1-2H3,(H,26,27,28). The number of aromatic nitrogens is 4. The van der Waals surface area contributed by atoms with Gasteiger partial charge in [-0.25, -0.2) is 19.3 Å². The van der Waals surface area contributed by atoms with Crippen LogP contribution >= 0.6 is 15.9 Å². The maximum absolute atomic E-state index is 13.4. The van der Waals surface area contributed by atoms with Gasteiger partial charge in [0.05, 0.1) is 31.0 Å². The van der Waals surface area contributed by atoms with E-state index in [1.165, 1.54) is 12.5 Å². The summed E-state index contributed by atoms with van der Waals surface area (Å²) in [7, 11) is 1.60. The van der Waals surface area contributed by atoms with Crippen LogP contribution in [0.15, 0.2) is 47.3 Å². The normalized spacial score (nSPS) is 12.9. The molecule has 3 rings (SSSR count). The maximum Gasteiger partial charge on any atom is 0.231 e. The van der Waals surface area contributed by atoms with Crippen LogP contribution in [0, 0.1) is 5.92 Å². The molecule has 2 heterocycles. The van der Waals surface area contributed by atoms with E-state index in [-0.39, 0.29) is 17.4 Å². The van der Waals surface area contributed by atoms with Crippen LogP contribution in [-0.4, -0.2) is 50.0 Å². The highest BCUT2D eigenvalue weighted by Gasteiger charge is 2.20. The van der Waals surface area contributed by atoms with Crippen molar-refractivity contribution in [3.63, 3.8) is 0 Å². The molecule has 0 aliphatic heterocycles. The Labute approximate surface area is 215 Å². The highest BCUT2D eigenvalue weighted by Crippen LogP contribution is 2.19. The highest BCUT2D eigenvalue weighted by atomic mass is 79.9. The number of nitrogens with zero attached hydrogens (tertiary/aromatic N) is 4. The van der Waals surface area contributed by atoms with Crippen molar-refractivity contribution in [1.82, 2.24) is 19.7 Å². The molecule has 3 N–H and O–H groups in total. The van der Waals surface area contributed by atoms with Crippen molar-refractivity contribution in [2.45, 2.75) is 32.9 Å². The molecule has 0 saturated carbocycles. The molecule has 2 aromatic heterocycles. The van der Waals surface area contributed by atoms with Gasteiger partial charge in [0, 0.05) is 24.3 Å². The van der Waals surface area contributed by atoms with Gasteiger partial charge in [-0.2, -0.15) is 5.10 Å². The Hall–Kier alpha value is -2.51. The molecule has 0 spiro atoms. The lowest BCUT2D eigenvalue weighted by Crippen LogP contribution is -2.18. The number of anilines is 1. The van der Waals surface area contributed by atoms with E-state index in [1.54, 1.807) is 17.9 Å². The first-order chi connectivity index (χ1) is 16.9. The third kappa shape index (κ3) is 8.00. The molecular weight excluding hydrogens is 536 g/mol. The van der Waals surface area contributed by atoms with Gasteiger partial charge in [-0.15, -0.1) is 0 Å². The second kappa shape index (κ2) is 13.5. The number of ketones is 1. The predicted molar refractivity (Wildman–Crippen MR) is 137 cm³/mol. The minimum atomic E-state index is -1.78. The van der Waals surface area contributed by atoms with Crippen LogP contribution in [0.1, 0.15) is 47.1 Å². The molecule has 12 heteroatoms. The number of nitrogens with one attached hydrogen (secondary N) is 1. The third-order valence-electron chi connectivity index (χ3n) is 5.41. The summed E-state index contributed by atoms with van der Waals surface area (Å²) in [5.74, 6) is 0.312. The molecule has 0 aliphatic rings. The topological polar surface area (TPSA) is 134 Å². The smallest absolute Gasteiger partial charge is 0.231 e. The van der Waals surface area contributed by atoms with Crippen LogP contribution in [0.4, 0.5) is 5.82 Å². The van der Waals surface area contributed by atoms with Gasteiger partial charge in [-0.3, -0.25) is 13.7 Å². The van der Waals surface area contributed by atoms with E-state index in [4.69, 9.17) is 14.1 Å². The van der Waals surface area contributed by atoms with E-state index >= 15 is 0 Å². The van der Waals surface area contributed by atoms with Crippen molar-refractivity contribution >= 4 is 38.8 Å². The van der Waals surface area contributed by atoms with Gasteiger partial charge in [-0.1, -0.05) is 41.4 Å². The average molecular weight is 565 g/mol. The van der Waals surface area contributed by atoms with E-state index in [2.05, 4.69) is 36.3 Å². The van der Waals surface area contributed by atoms with E-state index in [0.29, 0.717) is 37.7 Å². The van der Waals surface area contributed by atoms with Gasteiger partial charge < -0.3 is 10.1 Å². The summed E-state index contributed by atoms with van der Waals surface area (Å²) in [6.45, 7) is 3.68. The number of carbonyl (C=O) groups is 1. The second-order valence-electron chi connectivity index (χ2n) is 7.89. The molecule has 2 unspecified atom stereocenters. The first-order valence-corrected chi connectivity index (χ1v) is 13.0. The number of ether oxygens (including phenoxy) is 1. The summed E-state index contributed by atoms with van der Waals surface area (Å²) < 4.78 is 24.0. The number of hydrogen-bond donors (Lipinski definition) is 2. The highest BCUT2D eigenvalue weighted by molar-refractivity contribution is 9.10. The lowest BCUT2D eigenvalue weighted by molar-refractivity contribution is 0.103. The number of halogens is 1. The molecule has 0 saturated heterocycles. The zero-order valence-electron chi connectivity index (χ0n) is 19.6. The van der Waals surface area contributed by atoms with Crippen LogP contribution in [0.5, 0.6) is 0 Å². The summed E-state index contributed by atoms with van der Waals surface area (Å²) in [6, 6.07) is 9.65. The average Bonchev–Trinajstić information content (AvgIpc) is 3.23. The van der Waals surface area contributed by atoms with E-state index < -0.39 is 11.3 Å². The SMILES string of the molecule is CCC(CCNc1ncncc1C(=O)c1cc(COC)n(Cc2cccc(Br)c2)n1)COS(N)=O. The number of methoxy groups -OCH3 is 1. The van der Waals surface area contributed by atoms with Gasteiger partial charge in [0.1, 0.15) is 17.8 Å². The summed E-state index contributed by atoms with van der Waals surface area (Å²) in [5, 5.41) is 12.9. The first kappa shape index (κ1) is 27.1. The summed E-state index contributed by atoms with van der Waals surface area (Å²) in [5.41, 5.74) is 2.44. The van der Waals surface area contributed by atoms with E-state index in [0.717, 1.165) is 28.6 Å². The number of rotatable bonds is 14. The molecule has 2 atom stereocenters. The lowest BCUT2D eigenvalue weighted by atomic mass is 10.0. The van der Waals surface area contributed by atoms with Crippen molar-refractivity contribution in [2.24, 2.45) is 11.1 Å². The third-order valence-corrected chi connectivity index (χ3v) is 6.27. The van der Waals surface area contributed by atoms with Crippen LogP contribution in [0.25, 0.3) is 0 Å². The zero-order valence-corrected chi connectivity index (χ0v) is 22.0. The van der Waals surface area contributed by atoms with Crippen LogP contribution in [-0.2, 0) is 33.3 Å². The van der Waals surface area contributed by atoms with Crippen LogP contribution in [0.3, 0.4) is 0 Å². The largest absolute Gasteiger partial charge is 0.378 e. The second-order valence-corrected chi connectivity index (χ2v) is 9.56. The summed E-state index contributed by atoms with van der Waals surface area (Å²) in [6.07, 6.45) is 4.44. The Morgan fingerprint density at radius 1 is 1.34 bits per heavy atom. The van der Waals surface area contributed by atoms with Crippen molar-refractivity contribution < 1.29 is 17.9 Å². The first-order valence-electron chi connectivity index (χ1n) is 11.1. The number of hydrogen-bond acceptors (Lipinski definition) is 8. The molecule has 0 aliphatic carbocycles. The Bertz CT molecular complexity index is 1160. The fourth-order valence-corrected chi connectivity index (χ4v) is 4.29. The fraction of sp³-hybridized carbons (Fsp3) is 0.391. The van der Waals surface area contributed by atoms with E-state index in [9.17, 15) is 9.00 Å². The van der Waals surface area contributed by atoms with Gasteiger partial charge in [0.15, 0.2) is 0 Å². The summed E-state index contributed by atoms with van der Waals surface area (Å²) in [4.78, 5) is 21.7. The van der Waals surface area contributed by atoms with Crippen molar-refractivity contribution in [1.29, 1.82) is 0 Å². The van der Waals surface area contributed by atoms with Crippen molar-refractivity contribution in [3.05, 3.63) is 69.8 Å².